The van der Waals surface area contributed by atoms with E-state index in [1.54, 1.807) is 4.90 Å². The molecule has 2 unspecified atom stereocenters. The molecule has 0 N–H and O–H groups in total. The number of Topliss-reactive ketones (excluding diaryl/α,β-unsaturated/α-hetero) is 1. The predicted molar refractivity (Wildman–Crippen MR) is 143 cm³/mol. The van der Waals surface area contributed by atoms with Crippen molar-refractivity contribution in [2.24, 2.45) is 10.4 Å². The number of anilines is 1. The molecular formula is C27H26Cl3N3O4. The maximum absolute atomic E-state index is 13.1. The van der Waals surface area contributed by atoms with Crippen LogP contribution in [-0.2, 0) is 27.2 Å². The summed E-state index contributed by atoms with van der Waals surface area (Å²) < 4.78 is 5.05. The van der Waals surface area contributed by atoms with Crippen molar-refractivity contribution in [2.45, 2.75) is 56.4 Å². The summed E-state index contributed by atoms with van der Waals surface area (Å²) in [6.45, 7) is 0.510. The summed E-state index contributed by atoms with van der Waals surface area (Å²) in [5.41, 5.74) is 3.05. The first-order valence-electron chi connectivity index (χ1n) is 12.3. The molecular weight excluding hydrogens is 537 g/mol. The van der Waals surface area contributed by atoms with Gasteiger partial charge in [-0.3, -0.25) is 14.6 Å². The normalized spacial score (nSPS) is 22.1. The first-order chi connectivity index (χ1) is 17.7. The molecule has 2 saturated carbocycles. The summed E-state index contributed by atoms with van der Waals surface area (Å²) >= 11 is 18.3. The third kappa shape index (κ3) is 4.77. The number of ether oxygens (including phenoxy) is 1. The fraction of sp³-hybridized carbons (Fsp3) is 0.444. The molecule has 2 aromatic rings. The van der Waals surface area contributed by atoms with Crippen molar-refractivity contribution in [1.82, 2.24) is 4.98 Å². The van der Waals surface area contributed by atoms with Gasteiger partial charge in [0.1, 0.15) is 15.7 Å². The standard InChI is InChI=1S/C27H26Cl3N3O4/c1-37-26(36)18(31-23-22(30)24(34)27(23)8-3-2-4-9-27)12-15-5-6-19-16(11-15)7-10-33(19)25(35)17-13-20(28)32-21(29)14-17/h5-6,11,13-14,18,22H,2-4,7-10,12H2,1H3. The second-order valence-electron chi connectivity index (χ2n) is 9.80. The molecule has 37 heavy (non-hydrogen) atoms. The van der Waals surface area contributed by atoms with Gasteiger partial charge in [0.25, 0.3) is 5.91 Å². The van der Waals surface area contributed by atoms with E-state index in [-0.39, 0.29) is 22.0 Å². The highest BCUT2D eigenvalue weighted by atomic mass is 35.5. The van der Waals surface area contributed by atoms with Crippen molar-refractivity contribution in [3.05, 3.63) is 57.3 Å². The molecule has 3 aliphatic rings. The highest BCUT2D eigenvalue weighted by Gasteiger charge is 2.58. The fourth-order valence-electron chi connectivity index (χ4n) is 5.75. The van der Waals surface area contributed by atoms with E-state index in [0.717, 1.165) is 48.9 Å². The van der Waals surface area contributed by atoms with E-state index in [1.165, 1.54) is 19.2 Å². The summed E-state index contributed by atoms with van der Waals surface area (Å²) in [4.78, 5) is 48.9. The van der Waals surface area contributed by atoms with Crippen molar-refractivity contribution in [2.75, 3.05) is 18.6 Å². The SMILES string of the molecule is COC(=O)C(Cc1ccc2c(c1)CCN2C(=O)c1cc(Cl)nc(Cl)c1)N=C1C(Cl)C(=O)C12CCCCC2. The molecule has 194 valence electrons. The van der Waals surface area contributed by atoms with Crippen LogP contribution in [0.15, 0.2) is 35.3 Å². The number of aliphatic imine (C=N–C) groups is 1. The Labute approximate surface area is 230 Å². The van der Waals surface area contributed by atoms with Crippen molar-refractivity contribution < 1.29 is 19.1 Å². The molecule has 0 bridgehead atoms. The molecule has 2 fully saturated rings. The Bertz CT molecular complexity index is 1290. The van der Waals surface area contributed by atoms with Gasteiger partial charge in [-0.15, -0.1) is 11.6 Å². The number of methoxy groups -OCH3 is 1. The first-order valence-corrected chi connectivity index (χ1v) is 13.5. The maximum atomic E-state index is 13.1. The Morgan fingerprint density at radius 1 is 1.16 bits per heavy atom. The van der Waals surface area contributed by atoms with Crippen LogP contribution in [0, 0.1) is 5.41 Å². The number of aromatic nitrogens is 1. The van der Waals surface area contributed by atoms with Crippen LogP contribution in [0.3, 0.4) is 0 Å². The van der Waals surface area contributed by atoms with Crippen molar-refractivity contribution in [1.29, 1.82) is 0 Å². The van der Waals surface area contributed by atoms with Crippen molar-refractivity contribution >= 4 is 63.9 Å². The molecule has 1 amide bonds. The average molecular weight is 563 g/mol. The van der Waals surface area contributed by atoms with Gasteiger partial charge in [-0.2, -0.15) is 0 Å². The molecule has 0 radical (unpaired) electrons. The van der Waals surface area contributed by atoms with Crippen molar-refractivity contribution in [3.63, 3.8) is 0 Å². The molecule has 7 nitrogen and oxygen atoms in total. The van der Waals surface area contributed by atoms with Gasteiger partial charge in [0.2, 0.25) is 0 Å². The van der Waals surface area contributed by atoms with E-state index in [9.17, 15) is 14.4 Å². The number of carbonyl (C=O) groups is 3. The van der Waals surface area contributed by atoms with Crippen LogP contribution in [0.5, 0.6) is 0 Å². The third-order valence-corrected chi connectivity index (χ3v) is 8.42. The number of esters is 1. The summed E-state index contributed by atoms with van der Waals surface area (Å²) in [7, 11) is 1.33. The van der Waals surface area contributed by atoms with E-state index in [4.69, 9.17) is 44.5 Å². The maximum Gasteiger partial charge on any atom is 0.330 e. The quantitative estimate of drug-likeness (QED) is 0.282. The van der Waals surface area contributed by atoms with Gasteiger partial charge < -0.3 is 9.64 Å². The zero-order valence-corrected chi connectivity index (χ0v) is 22.6. The lowest BCUT2D eigenvalue weighted by Crippen LogP contribution is -2.61. The van der Waals surface area contributed by atoms with Gasteiger partial charge in [-0.05, 0) is 48.6 Å². The zero-order valence-electron chi connectivity index (χ0n) is 20.3. The second kappa shape index (κ2) is 10.4. The van der Waals surface area contributed by atoms with E-state index >= 15 is 0 Å². The number of carbonyl (C=O) groups excluding carboxylic acids is 3. The van der Waals surface area contributed by atoms with Gasteiger partial charge in [0, 0.05) is 24.2 Å². The van der Waals surface area contributed by atoms with E-state index < -0.39 is 22.8 Å². The number of fused-ring (bicyclic) bond motifs is 1. The highest BCUT2D eigenvalue weighted by Crippen LogP contribution is 2.49. The van der Waals surface area contributed by atoms with Gasteiger partial charge in [-0.1, -0.05) is 54.6 Å². The molecule has 1 aliphatic heterocycles. The number of pyridine rings is 1. The number of hydrogen-bond donors (Lipinski definition) is 0. The van der Waals surface area contributed by atoms with Crippen molar-refractivity contribution in [3.8, 4) is 0 Å². The lowest BCUT2D eigenvalue weighted by Gasteiger charge is -2.47. The van der Waals surface area contributed by atoms with Gasteiger partial charge >= 0.3 is 5.97 Å². The van der Waals surface area contributed by atoms with Crippen LogP contribution in [0.4, 0.5) is 5.69 Å². The average Bonchev–Trinajstić information content (AvgIpc) is 3.32. The number of hydrogen-bond acceptors (Lipinski definition) is 6. The number of rotatable bonds is 5. The largest absolute Gasteiger partial charge is 0.467 e. The number of halogens is 3. The molecule has 2 aliphatic carbocycles. The Balaban J connectivity index is 1.38. The Morgan fingerprint density at radius 3 is 2.54 bits per heavy atom. The molecule has 2 atom stereocenters. The number of nitrogens with zero attached hydrogens (tertiary/aromatic N) is 3. The van der Waals surface area contributed by atoms with Crippen LogP contribution in [0.25, 0.3) is 0 Å². The van der Waals surface area contributed by atoms with E-state index in [0.29, 0.717) is 30.7 Å². The lowest BCUT2D eigenvalue weighted by atomic mass is 9.58. The number of benzene rings is 1. The minimum absolute atomic E-state index is 0.0234. The van der Waals surface area contributed by atoms with E-state index in [2.05, 4.69) is 4.98 Å². The monoisotopic (exact) mass is 561 g/mol. The fourth-order valence-corrected chi connectivity index (χ4v) is 6.69. The molecule has 1 spiro atoms. The van der Waals surface area contributed by atoms with Gasteiger partial charge in [-0.25, -0.2) is 9.78 Å². The number of amides is 1. The van der Waals surface area contributed by atoms with Crippen LogP contribution >= 0.6 is 34.8 Å². The van der Waals surface area contributed by atoms with Gasteiger partial charge in [0.15, 0.2) is 11.8 Å². The molecule has 2 heterocycles. The molecule has 5 rings (SSSR count). The molecule has 10 heteroatoms. The lowest BCUT2D eigenvalue weighted by molar-refractivity contribution is -0.142. The summed E-state index contributed by atoms with van der Waals surface area (Å²) in [5, 5.41) is -0.466. The van der Waals surface area contributed by atoms with Crippen LogP contribution < -0.4 is 4.90 Å². The summed E-state index contributed by atoms with van der Waals surface area (Å²) in [5.74, 6) is -0.655. The zero-order chi connectivity index (χ0) is 26.3. The Morgan fingerprint density at radius 2 is 1.86 bits per heavy atom. The number of alkyl halides is 1. The second-order valence-corrected chi connectivity index (χ2v) is 11.0. The van der Waals surface area contributed by atoms with E-state index in [1.807, 2.05) is 18.2 Å². The summed E-state index contributed by atoms with van der Waals surface area (Å²) in [6.07, 6.45) is 5.44. The molecule has 1 aromatic carbocycles. The highest BCUT2D eigenvalue weighted by molar-refractivity contribution is 6.54. The number of ketones is 1. The van der Waals surface area contributed by atoms with Crippen LogP contribution in [0.2, 0.25) is 10.3 Å². The van der Waals surface area contributed by atoms with Crippen LogP contribution in [-0.4, -0.2) is 53.4 Å². The molecule has 1 aromatic heterocycles. The van der Waals surface area contributed by atoms with Crippen LogP contribution in [0.1, 0.15) is 53.6 Å². The predicted octanol–water partition coefficient (Wildman–Crippen LogP) is 5.26. The Hall–Kier alpha value is -2.48. The summed E-state index contributed by atoms with van der Waals surface area (Å²) in [6, 6.07) is 7.94. The van der Waals surface area contributed by atoms with Gasteiger partial charge in [0.05, 0.1) is 18.2 Å². The minimum Gasteiger partial charge on any atom is -0.467 e. The first kappa shape index (κ1) is 26.1. The minimum atomic E-state index is -0.800. The Kier molecular flexibility index (Phi) is 7.31. The topological polar surface area (TPSA) is 88.9 Å². The smallest absolute Gasteiger partial charge is 0.330 e. The molecule has 0 saturated heterocycles. The third-order valence-electron chi connectivity index (χ3n) is 7.63.